The molecule has 0 radical (unpaired) electrons. The fraction of sp³-hybridized carbons (Fsp3) is 0.750. The molecule has 4 heteroatoms. The molecule has 0 aliphatic carbocycles. The zero-order valence-corrected chi connectivity index (χ0v) is 10.8. The minimum Gasteiger partial charge on any atom is -0.391 e. The van der Waals surface area contributed by atoms with Crippen LogP contribution in [0.3, 0.4) is 0 Å². The van der Waals surface area contributed by atoms with Gasteiger partial charge in [0.05, 0.1) is 12.6 Å². The van der Waals surface area contributed by atoms with E-state index in [1.807, 2.05) is 34.6 Å². The van der Waals surface area contributed by atoms with Gasteiger partial charge < -0.3 is 5.11 Å². The van der Waals surface area contributed by atoms with Gasteiger partial charge in [-0.1, -0.05) is 20.8 Å². The van der Waals surface area contributed by atoms with E-state index in [0.29, 0.717) is 6.54 Å². The van der Waals surface area contributed by atoms with Crippen LogP contribution in [0.25, 0.3) is 0 Å². The molecule has 92 valence electrons. The van der Waals surface area contributed by atoms with E-state index in [2.05, 4.69) is 0 Å². The van der Waals surface area contributed by atoms with Crippen molar-refractivity contribution in [2.45, 2.75) is 53.3 Å². The lowest BCUT2D eigenvalue weighted by Gasteiger charge is -2.25. The van der Waals surface area contributed by atoms with E-state index in [-0.39, 0.29) is 17.1 Å². The monoisotopic (exact) mass is 226 g/mol. The van der Waals surface area contributed by atoms with Crippen molar-refractivity contribution in [3.8, 4) is 0 Å². The number of imidazole rings is 1. The topological polar surface area (TPSA) is 47.2 Å². The third-order valence-corrected chi connectivity index (χ3v) is 2.80. The lowest BCUT2D eigenvalue weighted by molar-refractivity contribution is 0.0471. The van der Waals surface area contributed by atoms with Crippen LogP contribution < -0.4 is 5.69 Å². The summed E-state index contributed by atoms with van der Waals surface area (Å²) in [6.07, 6.45) is 2.98. The zero-order chi connectivity index (χ0) is 12.5. The highest BCUT2D eigenvalue weighted by atomic mass is 16.3. The van der Waals surface area contributed by atoms with Gasteiger partial charge in [0, 0.05) is 18.4 Å². The second-order valence-electron chi connectivity index (χ2n) is 5.62. The van der Waals surface area contributed by atoms with Crippen LogP contribution in [0.2, 0.25) is 0 Å². The summed E-state index contributed by atoms with van der Waals surface area (Å²) in [4.78, 5) is 11.9. The predicted octanol–water partition coefficient (Wildman–Crippen LogP) is 1.64. The molecular formula is C12H22N2O2. The van der Waals surface area contributed by atoms with E-state index in [1.54, 1.807) is 21.5 Å². The number of rotatable bonds is 3. The summed E-state index contributed by atoms with van der Waals surface area (Å²) in [7, 11) is 0. The van der Waals surface area contributed by atoms with Gasteiger partial charge in [0.15, 0.2) is 0 Å². The quantitative estimate of drug-likeness (QED) is 0.851. The molecule has 1 atom stereocenters. The van der Waals surface area contributed by atoms with E-state index >= 15 is 0 Å². The third-order valence-electron chi connectivity index (χ3n) is 2.80. The van der Waals surface area contributed by atoms with Crippen LogP contribution in [-0.2, 0) is 6.54 Å². The molecule has 16 heavy (non-hydrogen) atoms. The average Bonchev–Trinajstić information content (AvgIpc) is 2.46. The number of aromatic nitrogens is 2. The number of nitrogens with zero attached hydrogens (tertiary/aromatic N) is 2. The molecule has 1 aromatic heterocycles. The summed E-state index contributed by atoms with van der Waals surface area (Å²) in [6.45, 7) is 10.2. The number of aliphatic hydroxyl groups is 1. The van der Waals surface area contributed by atoms with Crippen LogP contribution in [0.1, 0.15) is 40.7 Å². The third kappa shape index (κ3) is 2.76. The van der Waals surface area contributed by atoms with Gasteiger partial charge in [-0.05, 0) is 19.3 Å². The molecular weight excluding hydrogens is 204 g/mol. The first kappa shape index (κ1) is 13.0. The molecule has 0 aromatic carbocycles. The highest BCUT2D eigenvalue weighted by Crippen LogP contribution is 2.19. The Balaban J connectivity index is 2.88. The summed E-state index contributed by atoms with van der Waals surface area (Å²) in [5.74, 6) is 0. The fourth-order valence-corrected chi connectivity index (χ4v) is 1.42. The molecule has 1 aromatic rings. The fourth-order valence-electron chi connectivity index (χ4n) is 1.42. The van der Waals surface area contributed by atoms with Crippen molar-refractivity contribution in [1.29, 1.82) is 0 Å². The molecule has 0 aliphatic heterocycles. The lowest BCUT2D eigenvalue weighted by atomic mass is 9.89. The number of hydrogen-bond acceptors (Lipinski definition) is 2. The SMILES string of the molecule is CC(C)n1ccn(CC(O)C(C)(C)C)c1=O. The van der Waals surface area contributed by atoms with Crippen LogP contribution in [0.15, 0.2) is 17.2 Å². The molecule has 1 unspecified atom stereocenters. The standard InChI is InChI=1S/C12H22N2O2/c1-9(2)14-7-6-13(11(14)16)8-10(15)12(3,4)5/h6-7,9-10,15H,8H2,1-5H3. The molecule has 0 amide bonds. The van der Waals surface area contributed by atoms with Crippen molar-refractivity contribution in [3.63, 3.8) is 0 Å². The average molecular weight is 226 g/mol. The van der Waals surface area contributed by atoms with E-state index in [4.69, 9.17) is 0 Å². The van der Waals surface area contributed by atoms with Gasteiger partial charge in [0.1, 0.15) is 0 Å². The Morgan fingerprint density at radius 2 is 1.88 bits per heavy atom. The van der Waals surface area contributed by atoms with Crippen LogP contribution in [-0.4, -0.2) is 20.3 Å². The van der Waals surface area contributed by atoms with Crippen molar-refractivity contribution >= 4 is 0 Å². The Labute approximate surface area is 96.5 Å². The maximum Gasteiger partial charge on any atom is 0.328 e. The highest BCUT2D eigenvalue weighted by Gasteiger charge is 2.23. The Hall–Kier alpha value is -1.03. The summed E-state index contributed by atoms with van der Waals surface area (Å²) in [5, 5.41) is 9.94. The van der Waals surface area contributed by atoms with Crippen LogP contribution >= 0.6 is 0 Å². The molecule has 0 fully saturated rings. The normalized spacial score (nSPS) is 14.4. The first-order chi connectivity index (χ1) is 7.23. The Morgan fingerprint density at radius 3 is 2.25 bits per heavy atom. The van der Waals surface area contributed by atoms with Crippen molar-refractivity contribution in [2.24, 2.45) is 5.41 Å². The minimum absolute atomic E-state index is 0.0571. The molecule has 1 rings (SSSR count). The summed E-state index contributed by atoms with van der Waals surface area (Å²) in [5.41, 5.74) is -0.266. The van der Waals surface area contributed by atoms with E-state index < -0.39 is 6.10 Å². The second kappa shape index (κ2) is 4.45. The van der Waals surface area contributed by atoms with Gasteiger partial charge in [-0.2, -0.15) is 0 Å². The second-order valence-corrected chi connectivity index (χ2v) is 5.62. The Bertz CT molecular complexity index is 396. The van der Waals surface area contributed by atoms with Gasteiger partial charge in [-0.25, -0.2) is 4.79 Å². The van der Waals surface area contributed by atoms with E-state index in [1.165, 1.54) is 0 Å². The van der Waals surface area contributed by atoms with Gasteiger partial charge >= 0.3 is 5.69 Å². The Morgan fingerprint density at radius 1 is 1.31 bits per heavy atom. The van der Waals surface area contributed by atoms with Gasteiger partial charge in [0.25, 0.3) is 0 Å². The van der Waals surface area contributed by atoms with Crippen LogP contribution in [0.4, 0.5) is 0 Å². The Kier molecular flexibility index (Phi) is 3.63. The molecule has 1 heterocycles. The van der Waals surface area contributed by atoms with Gasteiger partial charge in [-0.3, -0.25) is 9.13 Å². The first-order valence-electron chi connectivity index (χ1n) is 5.69. The first-order valence-corrected chi connectivity index (χ1v) is 5.69. The van der Waals surface area contributed by atoms with Crippen molar-refractivity contribution in [3.05, 3.63) is 22.9 Å². The van der Waals surface area contributed by atoms with Crippen LogP contribution in [0, 0.1) is 5.41 Å². The predicted molar refractivity (Wildman–Crippen MR) is 64.5 cm³/mol. The highest BCUT2D eigenvalue weighted by molar-refractivity contribution is 4.86. The summed E-state index contributed by atoms with van der Waals surface area (Å²) < 4.78 is 3.23. The number of aliphatic hydroxyl groups excluding tert-OH is 1. The minimum atomic E-state index is -0.520. The number of hydrogen-bond donors (Lipinski definition) is 1. The van der Waals surface area contributed by atoms with Crippen molar-refractivity contribution < 1.29 is 5.11 Å². The van der Waals surface area contributed by atoms with Crippen molar-refractivity contribution in [1.82, 2.24) is 9.13 Å². The van der Waals surface area contributed by atoms with Crippen LogP contribution in [0.5, 0.6) is 0 Å². The lowest BCUT2D eigenvalue weighted by Crippen LogP contribution is -2.35. The maximum absolute atomic E-state index is 11.9. The van der Waals surface area contributed by atoms with E-state index in [0.717, 1.165) is 0 Å². The largest absolute Gasteiger partial charge is 0.391 e. The maximum atomic E-state index is 11.9. The molecule has 0 aliphatic rings. The zero-order valence-electron chi connectivity index (χ0n) is 10.8. The molecule has 1 N–H and O–H groups in total. The molecule has 0 bridgehead atoms. The van der Waals surface area contributed by atoms with Gasteiger partial charge in [0.2, 0.25) is 0 Å². The summed E-state index contributed by atoms with van der Waals surface area (Å²) in [6, 6.07) is 0.153. The van der Waals surface area contributed by atoms with Gasteiger partial charge in [-0.15, -0.1) is 0 Å². The smallest absolute Gasteiger partial charge is 0.328 e. The van der Waals surface area contributed by atoms with E-state index in [9.17, 15) is 9.90 Å². The van der Waals surface area contributed by atoms with Crippen molar-refractivity contribution in [2.75, 3.05) is 0 Å². The molecule has 4 nitrogen and oxygen atoms in total. The molecule has 0 spiro atoms. The molecule has 0 saturated carbocycles. The summed E-state index contributed by atoms with van der Waals surface area (Å²) >= 11 is 0. The molecule has 0 saturated heterocycles.